The Morgan fingerprint density at radius 2 is 1.85 bits per heavy atom. The first-order chi connectivity index (χ1) is 9.81. The molecule has 1 aliphatic carbocycles. The van der Waals surface area contributed by atoms with Gasteiger partial charge >= 0.3 is 0 Å². The van der Waals surface area contributed by atoms with Crippen molar-refractivity contribution in [2.45, 2.75) is 64.3 Å². The lowest BCUT2D eigenvalue weighted by Crippen LogP contribution is -2.48. The topological polar surface area (TPSA) is 38.0 Å². The van der Waals surface area contributed by atoms with Gasteiger partial charge < -0.3 is 0 Å². The van der Waals surface area contributed by atoms with Crippen LogP contribution >= 0.6 is 0 Å². The Balaban J connectivity index is 2.20. The van der Waals surface area contributed by atoms with E-state index >= 15 is 0 Å². The molecule has 1 fully saturated rings. The van der Waals surface area contributed by atoms with E-state index in [2.05, 4.69) is 49.6 Å². The van der Waals surface area contributed by atoms with Gasteiger partial charge in [0.15, 0.2) is 0 Å². The molecule has 4 atom stereocenters. The molecule has 0 bridgehead atoms. The van der Waals surface area contributed by atoms with Crippen molar-refractivity contribution in [3.63, 3.8) is 0 Å². The molecule has 1 aromatic rings. The van der Waals surface area contributed by atoms with Crippen molar-refractivity contribution in [1.82, 2.24) is 5.43 Å². The number of hydrogen-bond acceptors (Lipinski definition) is 2. The zero-order chi connectivity index (χ0) is 14.4. The molecule has 0 heterocycles. The minimum absolute atomic E-state index is 0.410. The van der Waals surface area contributed by atoms with Crippen molar-refractivity contribution >= 4 is 0 Å². The van der Waals surface area contributed by atoms with Gasteiger partial charge in [0.1, 0.15) is 0 Å². The predicted molar refractivity (Wildman–Crippen MR) is 86.3 cm³/mol. The summed E-state index contributed by atoms with van der Waals surface area (Å²) in [5.74, 6) is 8.07. The van der Waals surface area contributed by atoms with Crippen LogP contribution in [0.25, 0.3) is 0 Å². The van der Waals surface area contributed by atoms with Gasteiger partial charge in [-0.05, 0) is 30.2 Å². The normalized spacial score (nSPS) is 26.1. The van der Waals surface area contributed by atoms with Crippen LogP contribution in [0.1, 0.15) is 63.9 Å². The van der Waals surface area contributed by atoms with E-state index in [-0.39, 0.29) is 0 Å². The Morgan fingerprint density at radius 3 is 2.45 bits per heavy atom. The Hall–Kier alpha value is -0.860. The number of hydrogen-bond donors (Lipinski definition) is 2. The van der Waals surface area contributed by atoms with Crippen LogP contribution in [0, 0.1) is 11.8 Å². The van der Waals surface area contributed by atoms with Crippen LogP contribution in [0.5, 0.6) is 0 Å². The average Bonchev–Trinajstić information content (AvgIpc) is 2.53. The third kappa shape index (κ3) is 3.42. The quantitative estimate of drug-likeness (QED) is 0.602. The third-order valence-electron chi connectivity index (χ3n) is 5.25. The van der Waals surface area contributed by atoms with E-state index < -0.39 is 0 Å². The Labute approximate surface area is 124 Å². The molecule has 0 amide bonds. The molecular formula is C18H30N2. The van der Waals surface area contributed by atoms with Crippen LogP contribution in [-0.2, 0) is 0 Å². The molecule has 1 aliphatic rings. The molecule has 2 nitrogen and oxygen atoms in total. The first-order valence-corrected chi connectivity index (χ1v) is 8.32. The lowest BCUT2D eigenvalue weighted by atomic mass is 9.69. The predicted octanol–water partition coefficient (Wildman–Crippen LogP) is 4.23. The lowest BCUT2D eigenvalue weighted by Gasteiger charge is -2.40. The Morgan fingerprint density at radius 1 is 1.15 bits per heavy atom. The second-order valence-electron chi connectivity index (χ2n) is 6.23. The molecule has 2 rings (SSSR count). The fourth-order valence-corrected chi connectivity index (χ4v) is 4.15. The molecule has 20 heavy (non-hydrogen) atoms. The zero-order valence-electron chi connectivity index (χ0n) is 13.0. The Bertz CT molecular complexity index is 376. The van der Waals surface area contributed by atoms with Gasteiger partial charge in [-0.15, -0.1) is 0 Å². The van der Waals surface area contributed by atoms with E-state index in [0.717, 1.165) is 18.3 Å². The van der Waals surface area contributed by atoms with Crippen molar-refractivity contribution in [3.8, 4) is 0 Å². The standard InChI is InChI=1S/C18H30N2/c1-3-14-10-8-9-13-17(14)18(20-19)16(4-2)15-11-6-5-7-12-15/h5-7,11-12,14,16-18,20H,3-4,8-10,13,19H2,1-2H3. The average molecular weight is 274 g/mol. The van der Waals surface area contributed by atoms with Crippen molar-refractivity contribution in [3.05, 3.63) is 35.9 Å². The van der Waals surface area contributed by atoms with E-state index in [4.69, 9.17) is 5.84 Å². The lowest BCUT2D eigenvalue weighted by molar-refractivity contribution is 0.156. The van der Waals surface area contributed by atoms with Crippen molar-refractivity contribution in [2.75, 3.05) is 0 Å². The maximum Gasteiger partial charge on any atom is 0.0309 e. The molecule has 0 aromatic heterocycles. The minimum atomic E-state index is 0.410. The summed E-state index contributed by atoms with van der Waals surface area (Å²) >= 11 is 0. The van der Waals surface area contributed by atoms with Crippen molar-refractivity contribution in [2.24, 2.45) is 17.7 Å². The van der Waals surface area contributed by atoms with E-state index in [1.54, 1.807) is 0 Å². The van der Waals surface area contributed by atoms with Gasteiger partial charge in [-0.3, -0.25) is 11.3 Å². The molecule has 3 N–H and O–H groups in total. The number of nitrogens with two attached hydrogens (primary N) is 1. The molecule has 0 saturated heterocycles. The molecule has 112 valence electrons. The van der Waals surface area contributed by atoms with Crippen molar-refractivity contribution < 1.29 is 0 Å². The highest BCUT2D eigenvalue weighted by Crippen LogP contribution is 2.39. The highest BCUT2D eigenvalue weighted by atomic mass is 15.2. The smallest absolute Gasteiger partial charge is 0.0309 e. The molecule has 1 saturated carbocycles. The molecule has 4 unspecified atom stereocenters. The highest BCUT2D eigenvalue weighted by Gasteiger charge is 2.34. The summed E-state index contributed by atoms with van der Waals surface area (Å²) in [6.07, 6.45) is 7.90. The molecule has 0 radical (unpaired) electrons. The van der Waals surface area contributed by atoms with E-state index in [1.807, 2.05) is 0 Å². The van der Waals surface area contributed by atoms with E-state index in [0.29, 0.717) is 12.0 Å². The van der Waals surface area contributed by atoms with Crippen LogP contribution in [0.15, 0.2) is 30.3 Å². The summed E-state index contributed by atoms with van der Waals surface area (Å²) in [4.78, 5) is 0. The molecule has 0 aliphatic heterocycles. The monoisotopic (exact) mass is 274 g/mol. The summed E-state index contributed by atoms with van der Waals surface area (Å²) < 4.78 is 0. The summed E-state index contributed by atoms with van der Waals surface area (Å²) in [5.41, 5.74) is 4.61. The SMILES string of the molecule is CCC1CCCCC1C(NN)C(CC)c1ccccc1. The summed E-state index contributed by atoms with van der Waals surface area (Å²) in [6, 6.07) is 11.3. The van der Waals surface area contributed by atoms with Gasteiger partial charge in [-0.25, -0.2) is 0 Å². The molecule has 2 heteroatoms. The van der Waals surface area contributed by atoms with Crippen LogP contribution in [0.4, 0.5) is 0 Å². The maximum absolute atomic E-state index is 5.98. The fourth-order valence-electron chi connectivity index (χ4n) is 4.15. The van der Waals surface area contributed by atoms with Gasteiger partial charge in [-0.2, -0.15) is 0 Å². The Kier molecular flexibility index (Phi) is 6.06. The van der Waals surface area contributed by atoms with Crippen molar-refractivity contribution in [1.29, 1.82) is 0 Å². The first kappa shape index (κ1) is 15.5. The summed E-state index contributed by atoms with van der Waals surface area (Å²) in [7, 11) is 0. The molecule has 0 spiro atoms. The van der Waals surface area contributed by atoms with Gasteiger partial charge in [0.2, 0.25) is 0 Å². The highest BCUT2D eigenvalue weighted by molar-refractivity contribution is 5.21. The fraction of sp³-hybridized carbons (Fsp3) is 0.667. The molecular weight excluding hydrogens is 244 g/mol. The second kappa shape index (κ2) is 7.80. The van der Waals surface area contributed by atoms with Gasteiger partial charge in [0, 0.05) is 12.0 Å². The number of rotatable bonds is 6. The van der Waals surface area contributed by atoms with E-state index in [9.17, 15) is 0 Å². The van der Waals surface area contributed by atoms with E-state index in [1.165, 1.54) is 37.7 Å². The second-order valence-corrected chi connectivity index (χ2v) is 6.23. The van der Waals surface area contributed by atoms with Gasteiger partial charge in [0.05, 0.1) is 0 Å². The zero-order valence-corrected chi connectivity index (χ0v) is 13.0. The number of hydrazine groups is 1. The summed E-state index contributed by atoms with van der Waals surface area (Å²) in [5, 5.41) is 0. The third-order valence-corrected chi connectivity index (χ3v) is 5.25. The summed E-state index contributed by atoms with van der Waals surface area (Å²) in [6.45, 7) is 4.62. The van der Waals surface area contributed by atoms with Crippen LogP contribution in [0.3, 0.4) is 0 Å². The molecule has 1 aromatic carbocycles. The van der Waals surface area contributed by atoms with Gasteiger partial charge in [0.25, 0.3) is 0 Å². The van der Waals surface area contributed by atoms with Gasteiger partial charge in [-0.1, -0.05) is 69.9 Å². The number of benzene rings is 1. The van der Waals surface area contributed by atoms with Crippen LogP contribution < -0.4 is 11.3 Å². The van der Waals surface area contributed by atoms with Crippen LogP contribution in [0.2, 0.25) is 0 Å². The largest absolute Gasteiger partial charge is 0.271 e. The maximum atomic E-state index is 5.98. The number of nitrogens with one attached hydrogen (secondary N) is 1. The minimum Gasteiger partial charge on any atom is -0.271 e. The first-order valence-electron chi connectivity index (χ1n) is 8.32. The van der Waals surface area contributed by atoms with Crippen LogP contribution in [-0.4, -0.2) is 6.04 Å².